The zero-order valence-corrected chi connectivity index (χ0v) is 14.6. The Morgan fingerprint density at radius 1 is 1.23 bits per heavy atom. The van der Waals surface area contributed by atoms with Crippen LogP contribution in [0.3, 0.4) is 0 Å². The molecule has 0 spiro atoms. The van der Waals surface area contributed by atoms with Crippen molar-refractivity contribution < 1.29 is 9.90 Å². The number of hydrogen-bond donors (Lipinski definition) is 1. The average Bonchev–Trinajstić information content (AvgIpc) is 2.72. The van der Waals surface area contributed by atoms with E-state index in [2.05, 4.69) is 52.8 Å². The number of rotatable bonds is 1. The first-order chi connectivity index (χ1) is 10.1. The van der Waals surface area contributed by atoms with Gasteiger partial charge in [0.15, 0.2) is 0 Å². The lowest BCUT2D eigenvalue weighted by Gasteiger charge is -2.41. The summed E-state index contributed by atoms with van der Waals surface area (Å²) < 4.78 is 0. The van der Waals surface area contributed by atoms with Crippen LogP contribution in [-0.4, -0.2) is 16.5 Å². The molecule has 4 aliphatic carbocycles. The molecule has 4 aliphatic rings. The van der Waals surface area contributed by atoms with Crippen molar-refractivity contribution in [2.24, 2.45) is 28.6 Å². The van der Waals surface area contributed by atoms with Crippen LogP contribution in [0.15, 0.2) is 23.8 Å². The third kappa shape index (κ3) is 2.06. The number of aliphatic hydroxyl groups is 1. The van der Waals surface area contributed by atoms with Gasteiger partial charge in [0.05, 0.1) is 11.5 Å². The maximum Gasteiger partial charge on any atom is 0.149 e. The van der Waals surface area contributed by atoms with Gasteiger partial charge >= 0.3 is 0 Å². The van der Waals surface area contributed by atoms with Gasteiger partial charge in [-0.05, 0) is 38.5 Å². The third-order valence-corrected chi connectivity index (χ3v) is 6.95. The van der Waals surface area contributed by atoms with Crippen molar-refractivity contribution in [2.45, 2.75) is 65.9 Å². The van der Waals surface area contributed by atoms with Crippen LogP contribution in [0, 0.1) is 28.6 Å². The molecule has 2 bridgehead atoms. The zero-order chi connectivity index (χ0) is 16.3. The fourth-order valence-corrected chi connectivity index (χ4v) is 5.30. The van der Waals surface area contributed by atoms with E-state index in [4.69, 9.17) is 0 Å². The van der Waals surface area contributed by atoms with Crippen molar-refractivity contribution in [2.75, 3.05) is 0 Å². The van der Waals surface area contributed by atoms with Crippen LogP contribution in [0.4, 0.5) is 0 Å². The Morgan fingerprint density at radius 3 is 2.50 bits per heavy atom. The number of allylic oxidation sites excluding steroid dienone is 4. The van der Waals surface area contributed by atoms with Gasteiger partial charge < -0.3 is 5.11 Å². The van der Waals surface area contributed by atoms with Crippen LogP contribution in [-0.2, 0) is 4.79 Å². The minimum Gasteiger partial charge on any atom is -0.389 e. The molecule has 0 aromatic heterocycles. The summed E-state index contributed by atoms with van der Waals surface area (Å²) in [4.78, 5) is 13.3. The van der Waals surface area contributed by atoms with E-state index < -0.39 is 11.0 Å². The first-order valence-corrected chi connectivity index (χ1v) is 8.78. The molecule has 0 heterocycles. The normalized spacial score (nSPS) is 48.0. The van der Waals surface area contributed by atoms with E-state index in [1.54, 1.807) is 0 Å². The van der Waals surface area contributed by atoms with Crippen molar-refractivity contribution in [1.29, 1.82) is 0 Å². The molecule has 5 atom stereocenters. The van der Waals surface area contributed by atoms with E-state index in [1.165, 1.54) is 5.57 Å². The van der Waals surface area contributed by atoms with Crippen molar-refractivity contribution in [3.63, 3.8) is 0 Å². The molecule has 2 nitrogen and oxygen atoms in total. The Balaban J connectivity index is 2.08. The summed E-state index contributed by atoms with van der Waals surface area (Å²) in [5.74, 6) is 0.505. The van der Waals surface area contributed by atoms with Crippen LogP contribution >= 0.6 is 0 Å². The second kappa shape index (κ2) is 4.80. The number of hydrogen-bond acceptors (Lipinski definition) is 2. The van der Waals surface area contributed by atoms with E-state index in [0.29, 0.717) is 5.78 Å². The number of carbonyl (C=O) groups excluding carboxylic acids is 1. The van der Waals surface area contributed by atoms with Gasteiger partial charge in [-0.2, -0.15) is 0 Å². The molecule has 2 unspecified atom stereocenters. The largest absolute Gasteiger partial charge is 0.389 e. The van der Waals surface area contributed by atoms with E-state index in [1.807, 2.05) is 0 Å². The summed E-state index contributed by atoms with van der Waals surface area (Å²) in [5, 5.41) is 11.3. The van der Waals surface area contributed by atoms with Gasteiger partial charge in [-0.25, -0.2) is 0 Å². The lowest BCUT2D eigenvalue weighted by atomic mass is 9.65. The summed E-state index contributed by atoms with van der Waals surface area (Å²) in [6.07, 6.45) is 10.1. The van der Waals surface area contributed by atoms with Crippen LogP contribution in [0.1, 0.15) is 60.3 Å². The fourth-order valence-electron chi connectivity index (χ4n) is 5.30. The SMILES string of the molecule is CC1=C[C@@]2(C)C=CC1C(=O)[C@]1(C)CC[C@](O)(C(C)C)C1CC2. The van der Waals surface area contributed by atoms with E-state index in [0.717, 1.165) is 25.7 Å². The maximum absolute atomic E-state index is 13.3. The van der Waals surface area contributed by atoms with Gasteiger partial charge in [0.25, 0.3) is 0 Å². The predicted octanol–water partition coefficient (Wildman–Crippen LogP) is 4.29. The quantitative estimate of drug-likeness (QED) is 0.734. The van der Waals surface area contributed by atoms with E-state index in [-0.39, 0.29) is 23.2 Å². The highest BCUT2D eigenvalue weighted by molar-refractivity contribution is 5.91. The van der Waals surface area contributed by atoms with Gasteiger partial charge in [0.2, 0.25) is 0 Å². The lowest BCUT2D eigenvalue weighted by Crippen LogP contribution is -2.47. The predicted molar refractivity (Wildman–Crippen MR) is 89.4 cm³/mol. The fraction of sp³-hybridized carbons (Fsp3) is 0.750. The summed E-state index contributed by atoms with van der Waals surface area (Å²) in [6, 6.07) is 0. The molecule has 1 N–H and O–H groups in total. The zero-order valence-electron chi connectivity index (χ0n) is 14.6. The molecule has 0 aromatic carbocycles. The first kappa shape index (κ1) is 16.0. The average molecular weight is 302 g/mol. The van der Waals surface area contributed by atoms with Crippen LogP contribution in [0.25, 0.3) is 0 Å². The molecule has 1 fully saturated rings. The van der Waals surface area contributed by atoms with Crippen LogP contribution in [0.5, 0.6) is 0 Å². The minimum atomic E-state index is -0.696. The summed E-state index contributed by atoms with van der Waals surface area (Å²) in [6.45, 7) is 10.7. The highest BCUT2D eigenvalue weighted by Crippen LogP contribution is 2.58. The minimum absolute atomic E-state index is 0.0343. The smallest absolute Gasteiger partial charge is 0.149 e. The Bertz CT molecular complexity index is 558. The Labute approximate surface area is 134 Å². The molecule has 0 amide bonds. The molecular weight excluding hydrogens is 272 g/mol. The molecule has 4 rings (SSSR count). The first-order valence-electron chi connectivity index (χ1n) is 8.78. The summed E-state index contributed by atoms with van der Waals surface area (Å²) >= 11 is 0. The molecule has 0 aliphatic heterocycles. The number of Topliss-reactive ketones (excluding diaryl/α,β-unsaturated/α-hetero) is 1. The van der Waals surface area contributed by atoms with Gasteiger partial charge in [0, 0.05) is 16.7 Å². The molecule has 122 valence electrons. The van der Waals surface area contributed by atoms with E-state index in [9.17, 15) is 9.90 Å². The second-order valence-electron chi connectivity index (χ2n) is 8.75. The molecular formula is C20H30O2. The Hall–Kier alpha value is -0.890. The molecule has 1 saturated carbocycles. The van der Waals surface area contributed by atoms with Gasteiger partial charge in [-0.15, -0.1) is 0 Å². The number of ketones is 1. The second-order valence-corrected chi connectivity index (χ2v) is 8.75. The van der Waals surface area contributed by atoms with Crippen molar-refractivity contribution in [3.8, 4) is 0 Å². The van der Waals surface area contributed by atoms with E-state index >= 15 is 0 Å². The molecule has 0 aromatic rings. The van der Waals surface area contributed by atoms with Gasteiger partial charge in [0.1, 0.15) is 5.78 Å². The summed E-state index contributed by atoms with van der Waals surface area (Å²) in [7, 11) is 0. The van der Waals surface area contributed by atoms with Crippen molar-refractivity contribution in [1.82, 2.24) is 0 Å². The van der Waals surface area contributed by atoms with Crippen LogP contribution in [0.2, 0.25) is 0 Å². The highest BCUT2D eigenvalue weighted by Gasteiger charge is 2.59. The number of fused-ring (bicyclic) bond motifs is 1. The standard InChI is InChI=1S/C20H30O2/c1-13(2)20(22)11-10-19(5)16(20)7-9-18(4)8-6-15(17(19)21)14(3)12-18/h6,8,12-13,15-16,22H,7,9-11H2,1-5H3/t15?,16?,18-,19+,20-/m0/s1. The monoisotopic (exact) mass is 302 g/mol. The molecule has 2 heteroatoms. The molecule has 22 heavy (non-hydrogen) atoms. The Kier molecular flexibility index (Phi) is 3.49. The maximum atomic E-state index is 13.3. The van der Waals surface area contributed by atoms with Crippen LogP contribution < -0.4 is 0 Å². The highest BCUT2D eigenvalue weighted by atomic mass is 16.3. The van der Waals surface area contributed by atoms with Crippen molar-refractivity contribution in [3.05, 3.63) is 23.8 Å². The van der Waals surface area contributed by atoms with Gasteiger partial charge in [-0.1, -0.05) is 51.5 Å². The topological polar surface area (TPSA) is 37.3 Å². The lowest BCUT2D eigenvalue weighted by molar-refractivity contribution is -0.137. The number of carbonyl (C=O) groups is 1. The molecule has 0 radical (unpaired) electrons. The summed E-state index contributed by atoms with van der Waals surface area (Å²) in [5.41, 5.74) is 0.140. The van der Waals surface area contributed by atoms with Gasteiger partial charge in [-0.3, -0.25) is 4.79 Å². The Morgan fingerprint density at radius 2 is 1.91 bits per heavy atom. The van der Waals surface area contributed by atoms with Crippen molar-refractivity contribution >= 4 is 5.78 Å². The third-order valence-electron chi connectivity index (χ3n) is 6.95. The molecule has 0 saturated heterocycles.